The van der Waals surface area contributed by atoms with Gasteiger partial charge >= 0.3 is 0 Å². The summed E-state index contributed by atoms with van der Waals surface area (Å²) in [5.74, 6) is 0. The maximum atomic E-state index is 4.51. The number of nitrogens with one attached hydrogen (secondary N) is 1. The fourth-order valence-electron chi connectivity index (χ4n) is 2.00. The van der Waals surface area contributed by atoms with Gasteiger partial charge in [0, 0.05) is 29.1 Å². The number of hydrogen-bond acceptors (Lipinski definition) is 2. The van der Waals surface area contributed by atoms with Crippen molar-refractivity contribution in [2.75, 3.05) is 6.54 Å². The normalized spacial score (nSPS) is 12.0. The third-order valence-corrected chi connectivity index (χ3v) is 4.37. The van der Waals surface area contributed by atoms with Crippen molar-refractivity contribution in [3.05, 3.63) is 40.5 Å². The first kappa shape index (κ1) is 14.5. The Bertz CT molecular complexity index is 564. The summed E-state index contributed by atoms with van der Waals surface area (Å²) < 4.78 is 1.10. The zero-order chi connectivity index (χ0) is 13.9. The number of hydrogen-bond donors (Lipinski definition) is 1. The van der Waals surface area contributed by atoms with Gasteiger partial charge < -0.3 is 5.32 Å². The molecule has 0 aliphatic rings. The van der Waals surface area contributed by atoms with E-state index in [1.165, 1.54) is 17.4 Å². The fraction of sp³-hybridized carbons (Fsp3) is 0.438. The maximum absolute atomic E-state index is 4.51. The number of halogens is 1. The molecule has 0 unspecified atom stereocenters. The molecule has 0 radical (unpaired) electrons. The number of benzene rings is 1. The summed E-state index contributed by atoms with van der Waals surface area (Å²) in [5, 5.41) is 4.73. The standard InChI is InChI=1S/C16H21BrN2/c1-4-16(2,3)11-18-10-12-7-8-14(17)13-6-5-9-19-15(12)13/h5-9,18H,4,10-11H2,1-3H3. The second kappa shape index (κ2) is 6.02. The van der Waals surface area contributed by atoms with Gasteiger partial charge in [0.2, 0.25) is 0 Å². The van der Waals surface area contributed by atoms with E-state index in [9.17, 15) is 0 Å². The molecular formula is C16H21BrN2. The van der Waals surface area contributed by atoms with Crippen molar-refractivity contribution < 1.29 is 0 Å². The van der Waals surface area contributed by atoms with Crippen LogP contribution in [0.25, 0.3) is 10.9 Å². The van der Waals surface area contributed by atoms with Crippen molar-refractivity contribution in [2.45, 2.75) is 33.7 Å². The first-order chi connectivity index (χ1) is 9.03. The third kappa shape index (κ3) is 3.54. The van der Waals surface area contributed by atoms with E-state index in [0.717, 1.165) is 23.1 Å². The van der Waals surface area contributed by atoms with Crippen LogP contribution in [-0.4, -0.2) is 11.5 Å². The summed E-state index contributed by atoms with van der Waals surface area (Å²) in [6, 6.07) is 8.33. The van der Waals surface area contributed by atoms with Crippen molar-refractivity contribution >= 4 is 26.8 Å². The number of fused-ring (bicyclic) bond motifs is 1. The minimum Gasteiger partial charge on any atom is -0.312 e. The predicted molar refractivity (Wildman–Crippen MR) is 85.2 cm³/mol. The van der Waals surface area contributed by atoms with Gasteiger partial charge in [-0.05, 0) is 29.5 Å². The van der Waals surface area contributed by atoms with Gasteiger partial charge in [-0.25, -0.2) is 0 Å². The second-order valence-electron chi connectivity index (χ2n) is 5.73. The van der Waals surface area contributed by atoms with Gasteiger partial charge in [0.1, 0.15) is 0 Å². The van der Waals surface area contributed by atoms with E-state index in [-0.39, 0.29) is 0 Å². The van der Waals surface area contributed by atoms with Crippen LogP contribution < -0.4 is 5.32 Å². The largest absolute Gasteiger partial charge is 0.312 e. The fourth-order valence-corrected chi connectivity index (χ4v) is 2.45. The SMILES string of the molecule is CCC(C)(C)CNCc1ccc(Br)c2cccnc12. The van der Waals surface area contributed by atoms with Crippen molar-refractivity contribution in [1.82, 2.24) is 10.3 Å². The molecule has 2 aromatic rings. The average Bonchev–Trinajstić information content (AvgIpc) is 2.42. The highest BCUT2D eigenvalue weighted by Gasteiger charge is 2.14. The van der Waals surface area contributed by atoms with Crippen LogP contribution in [0.3, 0.4) is 0 Å². The molecule has 0 saturated heterocycles. The van der Waals surface area contributed by atoms with Gasteiger partial charge in [-0.15, -0.1) is 0 Å². The van der Waals surface area contributed by atoms with Gasteiger partial charge in [-0.1, -0.05) is 48.8 Å². The lowest BCUT2D eigenvalue weighted by Crippen LogP contribution is -2.28. The van der Waals surface area contributed by atoms with Crippen LogP contribution in [0, 0.1) is 5.41 Å². The van der Waals surface area contributed by atoms with Crippen LogP contribution in [-0.2, 0) is 6.54 Å². The van der Waals surface area contributed by atoms with Crippen LogP contribution in [0.1, 0.15) is 32.8 Å². The first-order valence-corrected chi connectivity index (χ1v) is 7.55. The molecule has 2 nitrogen and oxygen atoms in total. The molecule has 1 heterocycles. The molecule has 1 N–H and O–H groups in total. The zero-order valence-corrected chi connectivity index (χ0v) is 13.4. The van der Waals surface area contributed by atoms with Gasteiger partial charge in [-0.2, -0.15) is 0 Å². The summed E-state index contributed by atoms with van der Waals surface area (Å²) in [7, 11) is 0. The van der Waals surface area contributed by atoms with Crippen LogP contribution in [0.5, 0.6) is 0 Å². The van der Waals surface area contributed by atoms with Gasteiger partial charge in [0.15, 0.2) is 0 Å². The molecular weight excluding hydrogens is 300 g/mol. The molecule has 0 saturated carbocycles. The number of pyridine rings is 1. The van der Waals surface area contributed by atoms with Crippen molar-refractivity contribution in [1.29, 1.82) is 0 Å². The summed E-state index contributed by atoms with van der Waals surface area (Å²) in [5.41, 5.74) is 2.68. The highest BCUT2D eigenvalue weighted by molar-refractivity contribution is 9.10. The van der Waals surface area contributed by atoms with Gasteiger partial charge in [-0.3, -0.25) is 4.98 Å². The Kier molecular flexibility index (Phi) is 4.58. The van der Waals surface area contributed by atoms with Crippen LogP contribution in [0.15, 0.2) is 34.9 Å². The lowest BCUT2D eigenvalue weighted by atomic mass is 9.90. The quantitative estimate of drug-likeness (QED) is 0.875. The predicted octanol–water partition coefficient (Wildman–Crippen LogP) is 4.52. The Balaban J connectivity index is 2.16. The van der Waals surface area contributed by atoms with Crippen molar-refractivity contribution in [3.8, 4) is 0 Å². The Labute approximate surface area is 123 Å². The summed E-state index contributed by atoms with van der Waals surface area (Å²) in [6.07, 6.45) is 3.04. The highest BCUT2D eigenvalue weighted by Crippen LogP contribution is 2.25. The van der Waals surface area contributed by atoms with Crippen molar-refractivity contribution in [2.24, 2.45) is 5.41 Å². The van der Waals surface area contributed by atoms with E-state index in [4.69, 9.17) is 0 Å². The first-order valence-electron chi connectivity index (χ1n) is 6.76. The van der Waals surface area contributed by atoms with Crippen molar-refractivity contribution in [3.63, 3.8) is 0 Å². The molecule has 0 bridgehead atoms. The Hall–Kier alpha value is -0.930. The molecule has 1 aromatic carbocycles. The lowest BCUT2D eigenvalue weighted by Gasteiger charge is -2.23. The maximum Gasteiger partial charge on any atom is 0.0758 e. The number of aromatic nitrogens is 1. The molecule has 3 heteroatoms. The summed E-state index contributed by atoms with van der Waals surface area (Å²) in [4.78, 5) is 4.51. The highest BCUT2D eigenvalue weighted by atomic mass is 79.9. The van der Waals surface area contributed by atoms with E-state index in [0.29, 0.717) is 5.41 Å². The minimum absolute atomic E-state index is 0.346. The molecule has 102 valence electrons. The number of rotatable bonds is 5. The Morgan fingerprint density at radius 3 is 2.79 bits per heavy atom. The molecule has 0 aliphatic heterocycles. The van der Waals surface area contributed by atoms with Gasteiger partial charge in [0.25, 0.3) is 0 Å². The molecule has 19 heavy (non-hydrogen) atoms. The molecule has 0 fully saturated rings. The molecule has 2 rings (SSSR count). The van der Waals surface area contributed by atoms with E-state index < -0.39 is 0 Å². The summed E-state index contributed by atoms with van der Waals surface area (Å²) in [6.45, 7) is 8.70. The summed E-state index contributed by atoms with van der Waals surface area (Å²) >= 11 is 3.58. The van der Waals surface area contributed by atoms with Gasteiger partial charge in [0.05, 0.1) is 5.52 Å². The number of nitrogens with zero attached hydrogens (tertiary/aromatic N) is 1. The average molecular weight is 321 g/mol. The zero-order valence-electron chi connectivity index (χ0n) is 11.8. The monoisotopic (exact) mass is 320 g/mol. The second-order valence-corrected chi connectivity index (χ2v) is 6.58. The molecule has 0 atom stereocenters. The van der Waals surface area contributed by atoms with Crippen LogP contribution in [0.2, 0.25) is 0 Å². The Morgan fingerprint density at radius 1 is 1.26 bits per heavy atom. The molecule has 0 amide bonds. The molecule has 1 aromatic heterocycles. The topological polar surface area (TPSA) is 24.9 Å². The van der Waals surface area contributed by atoms with Crippen LogP contribution in [0.4, 0.5) is 0 Å². The smallest absolute Gasteiger partial charge is 0.0758 e. The van der Waals surface area contributed by atoms with Crippen LogP contribution >= 0.6 is 15.9 Å². The minimum atomic E-state index is 0.346. The molecule has 0 spiro atoms. The Morgan fingerprint density at radius 2 is 2.05 bits per heavy atom. The van der Waals surface area contributed by atoms with E-state index in [1.54, 1.807) is 0 Å². The van der Waals surface area contributed by atoms with E-state index in [1.807, 2.05) is 12.3 Å². The van der Waals surface area contributed by atoms with E-state index in [2.05, 4.69) is 65.2 Å². The van der Waals surface area contributed by atoms with E-state index >= 15 is 0 Å². The third-order valence-electron chi connectivity index (χ3n) is 3.68. The lowest BCUT2D eigenvalue weighted by molar-refractivity contribution is 0.328. The molecule has 0 aliphatic carbocycles.